The fourth-order valence-electron chi connectivity index (χ4n) is 5.85. The monoisotopic (exact) mass is 450 g/mol. The summed E-state index contributed by atoms with van der Waals surface area (Å²) >= 11 is 0. The number of benzene rings is 5. The molecule has 0 radical (unpaired) electrons. The van der Waals surface area contributed by atoms with Gasteiger partial charge in [-0.3, -0.25) is 0 Å². The summed E-state index contributed by atoms with van der Waals surface area (Å²) in [7, 11) is 0. The standard InChI is InChI=1S/C33H26N2/c1-33(2)29-14-8-6-12-25(29)26-18-16-22(20-30(26)33)34-23-17-19-28-27-13-7-9-15-31(27)35(32(28)21-23)24-10-4-3-5-11-24/h3-21,34H,1-2H3. The van der Waals surface area contributed by atoms with E-state index >= 15 is 0 Å². The third-order valence-corrected chi connectivity index (χ3v) is 7.56. The zero-order valence-corrected chi connectivity index (χ0v) is 19.9. The van der Waals surface area contributed by atoms with Gasteiger partial charge < -0.3 is 9.88 Å². The van der Waals surface area contributed by atoms with Gasteiger partial charge in [0.25, 0.3) is 0 Å². The fourth-order valence-corrected chi connectivity index (χ4v) is 5.85. The Labute approximate surface area is 205 Å². The van der Waals surface area contributed by atoms with Crippen molar-refractivity contribution in [3.8, 4) is 16.8 Å². The molecule has 0 atom stereocenters. The molecule has 7 rings (SSSR count). The van der Waals surface area contributed by atoms with Crippen LogP contribution in [-0.4, -0.2) is 4.57 Å². The molecule has 6 aromatic rings. The number of nitrogens with zero attached hydrogens (tertiary/aromatic N) is 1. The van der Waals surface area contributed by atoms with E-state index in [0.29, 0.717) is 0 Å². The van der Waals surface area contributed by atoms with Gasteiger partial charge in [0.2, 0.25) is 0 Å². The summed E-state index contributed by atoms with van der Waals surface area (Å²) in [5.41, 5.74) is 11.3. The summed E-state index contributed by atoms with van der Waals surface area (Å²) in [5.74, 6) is 0. The maximum absolute atomic E-state index is 3.70. The Bertz CT molecular complexity index is 1740. The lowest BCUT2D eigenvalue weighted by atomic mass is 9.82. The number of nitrogens with one attached hydrogen (secondary N) is 1. The molecule has 0 saturated carbocycles. The molecular weight excluding hydrogens is 424 g/mol. The summed E-state index contributed by atoms with van der Waals surface area (Å²) in [6.07, 6.45) is 0. The Kier molecular flexibility index (Phi) is 4.22. The van der Waals surface area contributed by atoms with Crippen LogP contribution in [0.25, 0.3) is 38.6 Å². The zero-order valence-electron chi connectivity index (χ0n) is 19.9. The van der Waals surface area contributed by atoms with E-state index in [4.69, 9.17) is 0 Å². The van der Waals surface area contributed by atoms with Crippen LogP contribution in [0.3, 0.4) is 0 Å². The number of para-hydroxylation sites is 2. The Hall–Kier alpha value is -4.30. The van der Waals surface area contributed by atoms with E-state index in [0.717, 1.165) is 11.4 Å². The fraction of sp³-hybridized carbons (Fsp3) is 0.0909. The summed E-state index contributed by atoms with van der Waals surface area (Å²) in [6.45, 7) is 4.65. The molecule has 0 saturated heterocycles. The molecule has 5 aromatic carbocycles. The predicted octanol–water partition coefficient (Wildman–Crippen LogP) is 8.83. The van der Waals surface area contributed by atoms with E-state index in [9.17, 15) is 0 Å². The second kappa shape index (κ2) is 7.35. The molecule has 0 aliphatic heterocycles. The molecular formula is C33H26N2. The van der Waals surface area contributed by atoms with Gasteiger partial charge in [0.1, 0.15) is 0 Å². The number of hydrogen-bond acceptors (Lipinski definition) is 1. The van der Waals surface area contributed by atoms with Crippen LogP contribution < -0.4 is 5.32 Å². The van der Waals surface area contributed by atoms with E-state index in [1.165, 1.54) is 49.7 Å². The highest BCUT2D eigenvalue weighted by Crippen LogP contribution is 2.49. The smallest absolute Gasteiger partial charge is 0.0561 e. The van der Waals surface area contributed by atoms with E-state index in [-0.39, 0.29) is 5.41 Å². The van der Waals surface area contributed by atoms with Crippen molar-refractivity contribution in [2.75, 3.05) is 5.32 Å². The van der Waals surface area contributed by atoms with Crippen LogP contribution in [0.15, 0.2) is 115 Å². The normalized spacial score (nSPS) is 13.7. The van der Waals surface area contributed by atoms with Gasteiger partial charge in [0.15, 0.2) is 0 Å². The number of rotatable bonds is 3. The van der Waals surface area contributed by atoms with Gasteiger partial charge in [-0.2, -0.15) is 0 Å². The quantitative estimate of drug-likeness (QED) is 0.285. The number of fused-ring (bicyclic) bond motifs is 6. The van der Waals surface area contributed by atoms with E-state index in [1.54, 1.807) is 0 Å². The van der Waals surface area contributed by atoms with Crippen molar-refractivity contribution >= 4 is 33.2 Å². The second-order valence-electron chi connectivity index (χ2n) is 9.98. The summed E-state index contributed by atoms with van der Waals surface area (Å²) in [6, 6.07) is 41.6. The molecule has 1 aromatic heterocycles. The van der Waals surface area contributed by atoms with E-state index in [2.05, 4.69) is 139 Å². The summed E-state index contributed by atoms with van der Waals surface area (Å²) in [4.78, 5) is 0. The Morgan fingerprint density at radius 2 is 1.20 bits per heavy atom. The first-order valence-electron chi connectivity index (χ1n) is 12.2. The lowest BCUT2D eigenvalue weighted by molar-refractivity contribution is 0.660. The van der Waals surface area contributed by atoms with Gasteiger partial charge in [-0.25, -0.2) is 0 Å². The van der Waals surface area contributed by atoms with Crippen LogP contribution in [0.5, 0.6) is 0 Å². The topological polar surface area (TPSA) is 17.0 Å². The van der Waals surface area contributed by atoms with Crippen molar-refractivity contribution in [2.45, 2.75) is 19.3 Å². The average Bonchev–Trinajstić information content (AvgIpc) is 3.34. The predicted molar refractivity (Wildman–Crippen MR) is 148 cm³/mol. The molecule has 0 bridgehead atoms. The first kappa shape index (κ1) is 20.1. The molecule has 0 amide bonds. The van der Waals surface area contributed by atoms with Gasteiger partial charge in [0.05, 0.1) is 11.0 Å². The molecule has 2 heteroatoms. The molecule has 168 valence electrons. The molecule has 2 nitrogen and oxygen atoms in total. The first-order valence-corrected chi connectivity index (χ1v) is 12.2. The maximum Gasteiger partial charge on any atom is 0.0561 e. The third-order valence-electron chi connectivity index (χ3n) is 7.56. The van der Waals surface area contributed by atoms with Crippen molar-refractivity contribution in [3.05, 3.63) is 126 Å². The maximum atomic E-state index is 3.70. The Balaban J connectivity index is 1.34. The van der Waals surface area contributed by atoms with Crippen LogP contribution in [0.4, 0.5) is 11.4 Å². The third kappa shape index (κ3) is 2.96. The lowest BCUT2D eigenvalue weighted by Gasteiger charge is -2.22. The van der Waals surface area contributed by atoms with Crippen molar-refractivity contribution < 1.29 is 0 Å². The molecule has 1 aliphatic carbocycles. The van der Waals surface area contributed by atoms with Crippen molar-refractivity contribution in [3.63, 3.8) is 0 Å². The van der Waals surface area contributed by atoms with Gasteiger partial charge in [-0.05, 0) is 64.7 Å². The molecule has 0 fully saturated rings. The minimum atomic E-state index is -0.00664. The highest BCUT2D eigenvalue weighted by Gasteiger charge is 2.35. The van der Waals surface area contributed by atoms with Crippen molar-refractivity contribution in [1.29, 1.82) is 0 Å². The SMILES string of the molecule is CC1(C)c2ccccc2-c2ccc(Nc3ccc4c5ccccc5n(-c5ccccc5)c4c3)cc21. The number of aromatic nitrogens is 1. The zero-order chi connectivity index (χ0) is 23.6. The van der Waals surface area contributed by atoms with E-state index in [1.807, 2.05) is 0 Å². The van der Waals surface area contributed by atoms with Crippen LogP contribution in [0.2, 0.25) is 0 Å². The van der Waals surface area contributed by atoms with Crippen LogP contribution in [0, 0.1) is 0 Å². The van der Waals surface area contributed by atoms with Crippen LogP contribution in [-0.2, 0) is 5.41 Å². The van der Waals surface area contributed by atoms with Crippen LogP contribution >= 0.6 is 0 Å². The van der Waals surface area contributed by atoms with E-state index < -0.39 is 0 Å². The Morgan fingerprint density at radius 3 is 2.09 bits per heavy atom. The summed E-state index contributed by atoms with van der Waals surface area (Å²) in [5, 5.41) is 6.24. The molecule has 1 aliphatic rings. The highest BCUT2D eigenvalue weighted by atomic mass is 15.0. The van der Waals surface area contributed by atoms with Gasteiger partial charge in [-0.1, -0.05) is 86.6 Å². The molecule has 1 heterocycles. The minimum absolute atomic E-state index is 0.00664. The number of hydrogen-bond donors (Lipinski definition) is 1. The van der Waals surface area contributed by atoms with Crippen molar-refractivity contribution in [2.24, 2.45) is 0 Å². The van der Waals surface area contributed by atoms with Gasteiger partial charge in [0, 0.05) is 33.2 Å². The second-order valence-corrected chi connectivity index (χ2v) is 9.98. The average molecular weight is 451 g/mol. The highest BCUT2D eigenvalue weighted by molar-refractivity contribution is 6.10. The minimum Gasteiger partial charge on any atom is -0.355 e. The molecule has 35 heavy (non-hydrogen) atoms. The van der Waals surface area contributed by atoms with Gasteiger partial charge in [-0.15, -0.1) is 0 Å². The first-order chi connectivity index (χ1) is 17.1. The van der Waals surface area contributed by atoms with Gasteiger partial charge >= 0.3 is 0 Å². The lowest BCUT2D eigenvalue weighted by Crippen LogP contribution is -2.15. The molecule has 1 N–H and O–H groups in total. The Morgan fingerprint density at radius 1 is 0.543 bits per heavy atom. The molecule has 0 unspecified atom stereocenters. The largest absolute Gasteiger partial charge is 0.355 e. The molecule has 0 spiro atoms. The van der Waals surface area contributed by atoms with Crippen molar-refractivity contribution in [1.82, 2.24) is 4.57 Å². The number of anilines is 2. The summed E-state index contributed by atoms with van der Waals surface area (Å²) < 4.78 is 2.36. The van der Waals surface area contributed by atoms with Crippen LogP contribution in [0.1, 0.15) is 25.0 Å².